The van der Waals surface area contributed by atoms with E-state index in [0.29, 0.717) is 28.6 Å². The van der Waals surface area contributed by atoms with E-state index < -0.39 is 18.1 Å². The van der Waals surface area contributed by atoms with Crippen LogP contribution in [0.2, 0.25) is 5.02 Å². The molecule has 1 amide bonds. The largest absolute Gasteiger partial charge is 0.489 e. The number of aliphatic hydroxyl groups is 2. The second kappa shape index (κ2) is 11.5. The lowest BCUT2D eigenvalue weighted by Gasteiger charge is -2.20. The summed E-state index contributed by atoms with van der Waals surface area (Å²) in [5.41, 5.74) is 7.94. The van der Waals surface area contributed by atoms with Gasteiger partial charge in [0.05, 0.1) is 11.1 Å². The number of hydrogen-bond donors (Lipinski definition) is 3. The van der Waals surface area contributed by atoms with Gasteiger partial charge in [-0.2, -0.15) is 4.98 Å². The van der Waals surface area contributed by atoms with E-state index >= 15 is 0 Å². The SMILES string of the molecule is CCN(CC)c1cc(-c2nc(-c3cc(C)c(OC[C@H](O)CC(O)C(N)=O)c(Cl)c3)no2)cc(C)n1. The molecule has 10 nitrogen and oxygen atoms in total. The molecule has 2 aromatic heterocycles. The number of nitrogens with two attached hydrogens (primary N) is 1. The molecule has 2 heterocycles. The standard InChI is InChI=1S/C24H30ClN5O5/c1-5-30(6-2)20-10-16(8-14(4)27-20)24-28-23(29-35-24)15-7-13(3)21(18(25)9-15)34-12-17(31)11-19(32)22(26)33/h7-10,17,19,31-32H,5-6,11-12H2,1-4H3,(H2,26,33)/t17-,19?/m1/s1. The van der Waals surface area contributed by atoms with Crippen molar-refractivity contribution >= 4 is 23.3 Å². The number of primary amides is 1. The highest BCUT2D eigenvalue weighted by Crippen LogP contribution is 2.34. The molecule has 0 bridgehead atoms. The zero-order chi connectivity index (χ0) is 25.7. The summed E-state index contributed by atoms with van der Waals surface area (Å²) >= 11 is 6.43. The third-order valence-electron chi connectivity index (χ3n) is 5.43. The van der Waals surface area contributed by atoms with Crippen molar-refractivity contribution in [1.82, 2.24) is 15.1 Å². The maximum absolute atomic E-state index is 10.9. The number of aryl methyl sites for hydroxylation is 2. The van der Waals surface area contributed by atoms with Crippen LogP contribution in [0.1, 0.15) is 31.5 Å². The number of anilines is 1. The molecular formula is C24H30ClN5O5. The highest BCUT2D eigenvalue weighted by Gasteiger charge is 2.20. The number of pyridine rings is 1. The van der Waals surface area contributed by atoms with Crippen LogP contribution in [0, 0.1) is 13.8 Å². The molecule has 188 valence electrons. The molecular weight excluding hydrogens is 474 g/mol. The molecule has 0 aliphatic carbocycles. The lowest BCUT2D eigenvalue weighted by molar-refractivity contribution is -0.127. The van der Waals surface area contributed by atoms with Gasteiger partial charge in [0.25, 0.3) is 5.89 Å². The summed E-state index contributed by atoms with van der Waals surface area (Å²) in [7, 11) is 0. The van der Waals surface area contributed by atoms with E-state index in [0.717, 1.165) is 30.2 Å². The Balaban J connectivity index is 1.79. The van der Waals surface area contributed by atoms with E-state index in [2.05, 4.69) is 33.9 Å². The number of nitrogens with zero attached hydrogens (tertiary/aromatic N) is 4. The Morgan fingerprint density at radius 1 is 1.14 bits per heavy atom. The Hall–Kier alpha value is -3.21. The van der Waals surface area contributed by atoms with Crippen LogP contribution in [0.4, 0.5) is 5.82 Å². The average Bonchev–Trinajstić information content (AvgIpc) is 3.29. The molecule has 2 atom stereocenters. The highest BCUT2D eigenvalue weighted by atomic mass is 35.5. The number of carbonyl (C=O) groups excluding carboxylic acids is 1. The minimum atomic E-state index is -1.45. The van der Waals surface area contributed by atoms with Gasteiger partial charge in [0.15, 0.2) is 0 Å². The molecule has 11 heteroatoms. The van der Waals surface area contributed by atoms with Gasteiger partial charge in [-0.3, -0.25) is 4.79 Å². The Bertz CT molecular complexity index is 1160. The first-order valence-electron chi connectivity index (χ1n) is 11.3. The summed E-state index contributed by atoms with van der Waals surface area (Å²) in [6.07, 6.45) is -2.79. The van der Waals surface area contributed by atoms with Gasteiger partial charge in [0, 0.05) is 36.3 Å². The molecule has 0 radical (unpaired) electrons. The average molecular weight is 504 g/mol. The van der Waals surface area contributed by atoms with E-state index in [1.165, 1.54) is 0 Å². The van der Waals surface area contributed by atoms with E-state index in [4.69, 9.17) is 26.6 Å². The summed E-state index contributed by atoms with van der Waals surface area (Å²) in [5.74, 6) is 1.02. The molecule has 4 N–H and O–H groups in total. The minimum Gasteiger partial charge on any atom is -0.489 e. The van der Waals surface area contributed by atoms with Gasteiger partial charge in [0.1, 0.15) is 24.3 Å². The van der Waals surface area contributed by atoms with E-state index in [-0.39, 0.29) is 18.1 Å². The van der Waals surface area contributed by atoms with Gasteiger partial charge in [-0.25, -0.2) is 4.98 Å². The third kappa shape index (κ3) is 6.47. The Morgan fingerprint density at radius 2 is 1.86 bits per heavy atom. The Kier molecular flexibility index (Phi) is 8.66. The maximum Gasteiger partial charge on any atom is 0.258 e. The molecule has 35 heavy (non-hydrogen) atoms. The molecule has 1 unspecified atom stereocenters. The second-order valence-corrected chi connectivity index (χ2v) is 8.58. The van der Waals surface area contributed by atoms with Crippen LogP contribution in [0.3, 0.4) is 0 Å². The van der Waals surface area contributed by atoms with Crippen molar-refractivity contribution in [1.29, 1.82) is 0 Å². The number of ether oxygens (including phenoxy) is 1. The van der Waals surface area contributed by atoms with Crippen molar-refractivity contribution in [3.05, 3.63) is 40.5 Å². The van der Waals surface area contributed by atoms with E-state index in [9.17, 15) is 15.0 Å². The number of hydrogen-bond acceptors (Lipinski definition) is 9. The lowest BCUT2D eigenvalue weighted by Crippen LogP contribution is -2.33. The quantitative estimate of drug-likeness (QED) is 0.359. The number of benzene rings is 1. The van der Waals surface area contributed by atoms with Crippen LogP contribution >= 0.6 is 11.6 Å². The number of amides is 1. The van der Waals surface area contributed by atoms with Gasteiger partial charge >= 0.3 is 0 Å². The Morgan fingerprint density at radius 3 is 2.49 bits per heavy atom. The first kappa shape index (κ1) is 26.4. The van der Waals surface area contributed by atoms with E-state index in [1.807, 2.05) is 19.1 Å². The van der Waals surface area contributed by atoms with Crippen molar-refractivity contribution < 1.29 is 24.3 Å². The molecule has 3 rings (SSSR count). The predicted octanol–water partition coefficient (Wildman–Crippen LogP) is 2.89. The number of carbonyl (C=O) groups is 1. The highest BCUT2D eigenvalue weighted by molar-refractivity contribution is 6.32. The van der Waals surface area contributed by atoms with E-state index in [1.54, 1.807) is 19.1 Å². The third-order valence-corrected chi connectivity index (χ3v) is 5.71. The second-order valence-electron chi connectivity index (χ2n) is 8.17. The van der Waals surface area contributed by atoms with Gasteiger partial charge < -0.3 is 30.1 Å². The molecule has 0 aliphatic rings. The number of aromatic nitrogens is 3. The van der Waals surface area contributed by atoms with Crippen molar-refractivity contribution in [2.45, 2.75) is 46.3 Å². The fourth-order valence-electron chi connectivity index (χ4n) is 3.61. The fraction of sp³-hybridized carbons (Fsp3) is 0.417. The first-order valence-corrected chi connectivity index (χ1v) is 11.7. The van der Waals surface area contributed by atoms with Crippen molar-refractivity contribution in [2.75, 3.05) is 24.6 Å². The summed E-state index contributed by atoms with van der Waals surface area (Å²) in [6.45, 7) is 9.34. The smallest absolute Gasteiger partial charge is 0.258 e. The van der Waals surface area contributed by atoms with Crippen molar-refractivity contribution in [3.8, 4) is 28.6 Å². The van der Waals surface area contributed by atoms with Crippen molar-refractivity contribution in [3.63, 3.8) is 0 Å². The van der Waals surface area contributed by atoms with Gasteiger partial charge in [-0.05, 0) is 57.5 Å². The van der Waals surface area contributed by atoms with Gasteiger partial charge in [-0.1, -0.05) is 16.8 Å². The minimum absolute atomic E-state index is 0.174. The summed E-state index contributed by atoms with van der Waals surface area (Å²) in [4.78, 5) is 22.2. The molecule has 0 spiro atoms. The van der Waals surface area contributed by atoms with Crippen molar-refractivity contribution in [2.24, 2.45) is 5.73 Å². The predicted molar refractivity (Wildman–Crippen MR) is 132 cm³/mol. The van der Waals surface area contributed by atoms with Crippen LogP contribution in [-0.4, -0.2) is 63.1 Å². The normalized spacial score (nSPS) is 12.9. The summed E-state index contributed by atoms with van der Waals surface area (Å²) in [5, 5.41) is 23.9. The fourth-order valence-corrected chi connectivity index (χ4v) is 3.93. The van der Waals surface area contributed by atoms with Crippen LogP contribution < -0.4 is 15.4 Å². The number of rotatable bonds is 11. The molecule has 3 aromatic rings. The molecule has 0 fully saturated rings. The van der Waals surface area contributed by atoms with Crippen LogP contribution in [-0.2, 0) is 4.79 Å². The lowest BCUT2D eigenvalue weighted by atomic mass is 10.1. The van der Waals surface area contributed by atoms with Gasteiger partial charge in [0.2, 0.25) is 11.7 Å². The van der Waals surface area contributed by atoms with Crippen LogP contribution in [0.5, 0.6) is 5.75 Å². The number of aliphatic hydroxyl groups excluding tert-OH is 2. The molecule has 1 aromatic carbocycles. The molecule has 0 saturated carbocycles. The summed E-state index contributed by atoms with van der Waals surface area (Å²) in [6, 6.07) is 7.24. The monoisotopic (exact) mass is 503 g/mol. The molecule has 0 saturated heterocycles. The van der Waals surface area contributed by atoms with Gasteiger partial charge in [-0.15, -0.1) is 0 Å². The zero-order valence-electron chi connectivity index (χ0n) is 20.2. The Labute approximate surface area is 208 Å². The van der Waals surface area contributed by atoms with Crippen LogP contribution in [0.25, 0.3) is 22.8 Å². The van der Waals surface area contributed by atoms with Crippen LogP contribution in [0.15, 0.2) is 28.8 Å². The summed E-state index contributed by atoms with van der Waals surface area (Å²) < 4.78 is 11.2. The molecule has 0 aliphatic heterocycles. The topological polar surface area (TPSA) is 148 Å². The number of halogens is 1. The first-order chi connectivity index (χ1) is 16.6. The maximum atomic E-state index is 10.9. The zero-order valence-corrected chi connectivity index (χ0v) is 20.9.